The quantitative estimate of drug-likeness (QED) is 0.684. The van der Waals surface area contributed by atoms with Crippen LogP contribution >= 0.6 is 11.8 Å². The number of benzene rings is 2. The van der Waals surface area contributed by atoms with E-state index in [2.05, 4.69) is 65.3 Å². The smallest absolute Gasteiger partial charge is 0.0344 e. The molecule has 2 aromatic carbocycles. The van der Waals surface area contributed by atoms with E-state index < -0.39 is 0 Å². The molecule has 104 valence electrons. The molecule has 0 unspecified atom stereocenters. The average Bonchev–Trinajstić information content (AvgIpc) is 2.89. The van der Waals surface area contributed by atoms with Gasteiger partial charge in [0.1, 0.15) is 0 Å². The van der Waals surface area contributed by atoms with Gasteiger partial charge < -0.3 is 0 Å². The van der Waals surface area contributed by atoms with E-state index in [-0.39, 0.29) is 0 Å². The van der Waals surface area contributed by atoms with Gasteiger partial charge in [-0.05, 0) is 58.2 Å². The van der Waals surface area contributed by atoms with Crippen molar-refractivity contribution in [3.63, 3.8) is 0 Å². The Kier molecular flexibility index (Phi) is 3.40. The lowest BCUT2D eigenvalue weighted by molar-refractivity contribution is 0.984. The molecule has 2 heteroatoms. The summed E-state index contributed by atoms with van der Waals surface area (Å²) in [6, 6.07) is 17.7. The normalized spacial score (nSPS) is 16.5. The first kappa shape index (κ1) is 12.9. The lowest BCUT2D eigenvalue weighted by Crippen LogP contribution is -1.95. The minimum atomic E-state index is 0.618. The minimum Gasteiger partial charge on any atom is -0.265 e. The summed E-state index contributed by atoms with van der Waals surface area (Å²) in [5.41, 5.74) is 4.43. The Bertz CT molecular complexity index is 762. The maximum atomic E-state index is 4.08. The second-order valence-electron chi connectivity index (χ2n) is 5.53. The van der Waals surface area contributed by atoms with Crippen LogP contribution in [0.25, 0.3) is 10.8 Å². The molecule has 1 heterocycles. The van der Waals surface area contributed by atoms with Crippen molar-refractivity contribution < 1.29 is 0 Å². The number of aromatic nitrogens is 1. The molecule has 1 nitrogen and oxygen atoms in total. The zero-order valence-electron chi connectivity index (χ0n) is 11.8. The van der Waals surface area contributed by atoms with Crippen molar-refractivity contribution in [2.24, 2.45) is 0 Å². The van der Waals surface area contributed by atoms with Crippen molar-refractivity contribution in [3.05, 3.63) is 77.6 Å². The van der Waals surface area contributed by atoms with Crippen molar-refractivity contribution in [2.45, 2.75) is 18.1 Å². The van der Waals surface area contributed by atoms with Gasteiger partial charge in [-0.15, -0.1) is 0 Å². The van der Waals surface area contributed by atoms with Crippen molar-refractivity contribution in [1.29, 1.82) is 0 Å². The summed E-state index contributed by atoms with van der Waals surface area (Å²) < 4.78 is 0. The zero-order valence-corrected chi connectivity index (χ0v) is 12.6. The van der Waals surface area contributed by atoms with Crippen LogP contribution in [-0.4, -0.2) is 10.7 Å². The predicted octanol–water partition coefficient (Wildman–Crippen LogP) is 4.81. The highest BCUT2D eigenvalue weighted by Gasteiger charge is 2.23. The summed E-state index contributed by atoms with van der Waals surface area (Å²) in [4.78, 5) is 4.08. The number of thioether (sulfide) groups is 1. The van der Waals surface area contributed by atoms with Crippen molar-refractivity contribution >= 4 is 22.5 Å². The van der Waals surface area contributed by atoms with Crippen LogP contribution in [0.4, 0.5) is 0 Å². The highest BCUT2D eigenvalue weighted by molar-refractivity contribution is 7.99. The molecule has 0 saturated carbocycles. The lowest BCUT2D eigenvalue weighted by atomic mass is 10.1. The van der Waals surface area contributed by atoms with Crippen molar-refractivity contribution in [3.8, 4) is 0 Å². The fourth-order valence-electron chi connectivity index (χ4n) is 3.22. The third-order valence-electron chi connectivity index (χ3n) is 4.23. The van der Waals surface area contributed by atoms with Crippen LogP contribution in [0.5, 0.6) is 0 Å². The highest BCUT2D eigenvalue weighted by Crippen LogP contribution is 2.44. The molecule has 0 fully saturated rings. The number of nitrogens with zero attached hydrogens (tertiary/aromatic N) is 1. The van der Waals surface area contributed by atoms with E-state index in [4.69, 9.17) is 0 Å². The van der Waals surface area contributed by atoms with Crippen LogP contribution in [0.15, 0.2) is 60.9 Å². The van der Waals surface area contributed by atoms with Crippen LogP contribution in [-0.2, 0) is 12.8 Å². The third kappa shape index (κ3) is 2.44. The molecule has 1 aliphatic rings. The molecule has 1 aromatic heterocycles. The van der Waals surface area contributed by atoms with Gasteiger partial charge in [0.2, 0.25) is 0 Å². The van der Waals surface area contributed by atoms with Crippen LogP contribution in [0.1, 0.15) is 21.9 Å². The molecule has 3 aromatic rings. The number of pyridine rings is 1. The van der Waals surface area contributed by atoms with E-state index in [9.17, 15) is 0 Å². The Morgan fingerprint density at radius 3 is 2.67 bits per heavy atom. The highest BCUT2D eigenvalue weighted by atomic mass is 32.2. The molecule has 4 rings (SSSR count). The topological polar surface area (TPSA) is 12.9 Å². The number of rotatable bonds is 4. The Labute approximate surface area is 129 Å². The maximum absolute atomic E-state index is 4.08. The summed E-state index contributed by atoms with van der Waals surface area (Å²) in [6.45, 7) is 0. The fourth-order valence-corrected chi connectivity index (χ4v) is 4.53. The first-order valence-electron chi connectivity index (χ1n) is 7.43. The second kappa shape index (κ2) is 5.53. The van der Waals surface area contributed by atoms with Crippen LogP contribution in [0, 0.1) is 0 Å². The molecule has 0 aliphatic heterocycles. The van der Waals surface area contributed by atoms with Gasteiger partial charge in [0.25, 0.3) is 0 Å². The van der Waals surface area contributed by atoms with E-state index in [1.165, 1.54) is 39.6 Å². The monoisotopic (exact) mass is 291 g/mol. The summed E-state index contributed by atoms with van der Waals surface area (Å²) in [5, 5.41) is 3.51. The van der Waals surface area contributed by atoms with Gasteiger partial charge >= 0.3 is 0 Å². The lowest BCUT2D eigenvalue weighted by Gasteiger charge is -2.11. The minimum absolute atomic E-state index is 0.618. The molecule has 0 radical (unpaired) electrons. The molecule has 21 heavy (non-hydrogen) atoms. The molecule has 0 N–H and O–H groups in total. The van der Waals surface area contributed by atoms with Gasteiger partial charge in [-0.2, -0.15) is 11.8 Å². The SMILES string of the molecule is c1cc2c3c(cccc3c1)[C@@H](SCCc1ccncc1)C2. The van der Waals surface area contributed by atoms with Crippen LogP contribution < -0.4 is 0 Å². The number of hydrogen-bond acceptors (Lipinski definition) is 2. The predicted molar refractivity (Wildman–Crippen MR) is 90.8 cm³/mol. The van der Waals surface area contributed by atoms with Crippen molar-refractivity contribution in [1.82, 2.24) is 4.98 Å². The summed E-state index contributed by atoms with van der Waals surface area (Å²) in [5.74, 6) is 1.17. The van der Waals surface area contributed by atoms with E-state index >= 15 is 0 Å². The second-order valence-corrected chi connectivity index (χ2v) is 6.84. The Balaban J connectivity index is 1.50. The average molecular weight is 291 g/mol. The first-order valence-corrected chi connectivity index (χ1v) is 8.48. The Morgan fingerprint density at radius 1 is 1.00 bits per heavy atom. The van der Waals surface area contributed by atoms with Crippen LogP contribution in [0.3, 0.4) is 0 Å². The molecular formula is C19H17NS. The molecule has 0 bridgehead atoms. The van der Waals surface area contributed by atoms with Gasteiger partial charge in [-0.25, -0.2) is 0 Å². The number of aryl methyl sites for hydroxylation is 1. The van der Waals surface area contributed by atoms with Gasteiger partial charge in [0.15, 0.2) is 0 Å². The van der Waals surface area contributed by atoms with E-state index in [1.807, 2.05) is 12.4 Å². The molecular weight excluding hydrogens is 274 g/mol. The van der Waals surface area contributed by atoms with Gasteiger partial charge in [0.05, 0.1) is 0 Å². The first-order chi connectivity index (χ1) is 10.4. The van der Waals surface area contributed by atoms with Gasteiger partial charge in [-0.1, -0.05) is 36.4 Å². The van der Waals surface area contributed by atoms with E-state index in [0.29, 0.717) is 5.25 Å². The Morgan fingerprint density at radius 2 is 1.81 bits per heavy atom. The Hall–Kier alpha value is -1.80. The molecule has 0 spiro atoms. The largest absolute Gasteiger partial charge is 0.265 e. The summed E-state index contributed by atoms with van der Waals surface area (Å²) >= 11 is 2.09. The van der Waals surface area contributed by atoms with Gasteiger partial charge in [0, 0.05) is 17.6 Å². The number of hydrogen-bond donors (Lipinski definition) is 0. The molecule has 1 atom stereocenters. The fraction of sp³-hybridized carbons (Fsp3) is 0.211. The van der Waals surface area contributed by atoms with Crippen LogP contribution in [0.2, 0.25) is 0 Å². The molecule has 1 aliphatic carbocycles. The maximum Gasteiger partial charge on any atom is 0.0344 e. The summed E-state index contributed by atoms with van der Waals surface area (Å²) in [7, 11) is 0. The molecule has 0 saturated heterocycles. The zero-order chi connectivity index (χ0) is 14.1. The summed E-state index contributed by atoms with van der Waals surface area (Å²) in [6.07, 6.45) is 6.06. The molecule has 0 amide bonds. The van der Waals surface area contributed by atoms with Crippen molar-refractivity contribution in [2.75, 3.05) is 5.75 Å². The van der Waals surface area contributed by atoms with E-state index in [0.717, 1.165) is 6.42 Å². The third-order valence-corrected chi connectivity index (χ3v) is 5.50. The standard InChI is InChI=1S/C19H17NS/c1-3-15-4-2-6-17-18(13-16(5-1)19(15)17)21-12-9-14-7-10-20-11-8-14/h1-8,10-11,18H,9,12-13H2/t18-/m0/s1. The van der Waals surface area contributed by atoms with E-state index in [1.54, 1.807) is 0 Å². The van der Waals surface area contributed by atoms with Gasteiger partial charge in [-0.3, -0.25) is 4.98 Å².